The summed E-state index contributed by atoms with van der Waals surface area (Å²) in [6.07, 6.45) is 2.10. The molecule has 14 heavy (non-hydrogen) atoms. The maximum atomic E-state index is 10.7. The number of aryl methyl sites for hydroxylation is 1. The Hall–Kier alpha value is -1.78. The average Bonchev–Trinajstić information content (AvgIpc) is 2.15. The van der Waals surface area contributed by atoms with Crippen LogP contribution in [-0.2, 0) is 11.2 Å². The second-order valence-corrected chi connectivity index (χ2v) is 2.93. The quantitative estimate of drug-likeness (QED) is 0.538. The molecular formula is C9H10N2O3. The molecule has 0 fully saturated rings. The Morgan fingerprint density at radius 2 is 2.36 bits per heavy atom. The molecule has 0 saturated carbocycles. The zero-order valence-corrected chi connectivity index (χ0v) is 7.77. The molecule has 0 aromatic carbocycles. The number of Topliss-reactive ketones (excluding diaryl/α,β-unsaturated/α-hetero) is 1. The fourth-order valence-corrected chi connectivity index (χ4v) is 1.08. The minimum atomic E-state index is -0.484. The number of pyridine rings is 1. The number of hydrogen-bond donors (Lipinski definition) is 0. The third kappa shape index (κ3) is 2.62. The molecule has 0 radical (unpaired) electrons. The van der Waals surface area contributed by atoms with Gasteiger partial charge in [-0.05, 0) is 13.0 Å². The summed E-state index contributed by atoms with van der Waals surface area (Å²) in [6.45, 7) is 1.45. The van der Waals surface area contributed by atoms with Gasteiger partial charge in [0.15, 0.2) is 0 Å². The van der Waals surface area contributed by atoms with E-state index in [0.717, 1.165) is 0 Å². The normalized spacial score (nSPS) is 9.79. The van der Waals surface area contributed by atoms with Crippen molar-refractivity contribution in [3.05, 3.63) is 34.1 Å². The first kappa shape index (κ1) is 10.3. The van der Waals surface area contributed by atoms with Crippen LogP contribution in [0.3, 0.4) is 0 Å². The highest BCUT2D eigenvalue weighted by molar-refractivity contribution is 5.75. The molecule has 0 aliphatic carbocycles. The summed E-state index contributed by atoms with van der Waals surface area (Å²) in [4.78, 5) is 24.6. The Kier molecular flexibility index (Phi) is 3.28. The predicted molar refractivity (Wildman–Crippen MR) is 49.9 cm³/mol. The second kappa shape index (κ2) is 4.45. The molecule has 5 nitrogen and oxygen atoms in total. The lowest BCUT2D eigenvalue weighted by Gasteiger charge is -1.98. The number of nitro groups is 1. The van der Waals surface area contributed by atoms with Crippen LogP contribution in [0.15, 0.2) is 18.3 Å². The topological polar surface area (TPSA) is 73.1 Å². The van der Waals surface area contributed by atoms with Gasteiger partial charge in [-0.1, -0.05) is 0 Å². The Balaban J connectivity index is 2.84. The zero-order chi connectivity index (χ0) is 10.6. The van der Waals surface area contributed by atoms with E-state index in [4.69, 9.17) is 0 Å². The Bertz CT molecular complexity index is 363. The Morgan fingerprint density at radius 1 is 1.64 bits per heavy atom. The van der Waals surface area contributed by atoms with Crippen LogP contribution in [0.25, 0.3) is 0 Å². The smallest absolute Gasteiger partial charge is 0.290 e. The van der Waals surface area contributed by atoms with Crippen LogP contribution in [-0.4, -0.2) is 15.7 Å². The highest BCUT2D eigenvalue weighted by Gasteiger charge is 2.13. The van der Waals surface area contributed by atoms with E-state index in [-0.39, 0.29) is 17.9 Å². The zero-order valence-electron chi connectivity index (χ0n) is 7.77. The van der Waals surface area contributed by atoms with Gasteiger partial charge in [0.1, 0.15) is 11.5 Å². The summed E-state index contributed by atoms with van der Waals surface area (Å²) in [5.41, 5.74) is 0.349. The van der Waals surface area contributed by atoms with E-state index < -0.39 is 4.92 Å². The standard InChI is InChI=1S/C9H10N2O3/c1-7(12)4-5-8-9(11(13)14)3-2-6-10-8/h2-3,6H,4-5H2,1H3. The molecular weight excluding hydrogens is 184 g/mol. The van der Waals surface area contributed by atoms with Gasteiger partial charge in [0.25, 0.3) is 5.69 Å². The minimum absolute atomic E-state index is 0.00458. The van der Waals surface area contributed by atoms with Crippen molar-refractivity contribution in [3.8, 4) is 0 Å². The number of hydrogen-bond acceptors (Lipinski definition) is 4. The highest BCUT2D eigenvalue weighted by atomic mass is 16.6. The largest absolute Gasteiger partial charge is 0.300 e. The number of nitrogens with zero attached hydrogens (tertiary/aromatic N) is 2. The summed E-state index contributed by atoms with van der Waals surface area (Å²) in [5.74, 6) is 0.00458. The summed E-state index contributed by atoms with van der Waals surface area (Å²) in [6, 6.07) is 2.90. The fourth-order valence-electron chi connectivity index (χ4n) is 1.08. The number of aromatic nitrogens is 1. The predicted octanol–water partition coefficient (Wildman–Crippen LogP) is 1.51. The first-order chi connectivity index (χ1) is 6.61. The SMILES string of the molecule is CC(=O)CCc1ncccc1[N+](=O)[O-]. The molecule has 5 heteroatoms. The molecule has 0 N–H and O–H groups in total. The van der Waals surface area contributed by atoms with Crippen LogP contribution in [0.1, 0.15) is 19.0 Å². The third-order valence-electron chi connectivity index (χ3n) is 1.78. The van der Waals surface area contributed by atoms with E-state index in [0.29, 0.717) is 12.1 Å². The highest BCUT2D eigenvalue weighted by Crippen LogP contribution is 2.16. The molecule has 0 aliphatic rings. The maximum Gasteiger partial charge on any atom is 0.290 e. The van der Waals surface area contributed by atoms with Crippen molar-refractivity contribution < 1.29 is 9.72 Å². The lowest BCUT2D eigenvalue weighted by molar-refractivity contribution is -0.385. The number of ketones is 1. The average molecular weight is 194 g/mol. The molecule has 0 saturated heterocycles. The molecule has 1 rings (SSSR count). The number of carbonyl (C=O) groups is 1. The van der Waals surface area contributed by atoms with Crippen molar-refractivity contribution in [2.24, 2.45) is 0 Å². The lowest BCUT2D eigenvalue weighted by atomic mass is 10.1. The summed E-state index contributed by atoms with van der Waals surface area (Å²) < 4.78 is 0. The molecule has 0 unspecified atom stereocenters. The van der Waals surface area contributed by atoms with Crippen LogP contribution in [0.2, 0.25) is 0 Å². The lowest BCUT2D eigenvalue weighted by Crippen LogP contribution is -2.01. The van der Waals surface area contributed by atoms with Crippen LogP contribution >= 0.6 is 0 Å². The van der Waals surface area contributed by atoms with E-state index in [9.17, 15) is 14.9 Å². The Labute approximate surface area is 80.9 Å². The van der Waals surface area contributed by atoms with Crippen molar-refractivity contribution in [1.82, 2.24) is 4.98 Å². The van der Waals surface area contributed by atoms with Gasteiger partial charge in [-0.15, -0.1) is 0 Å². The molecule has 0 atom stereocenters. The van der Waals surface area contributed by atoms with Gasteiger partial charge in [0.05, 0.1) is 4.92 Å². The van der Waals surface area contributed by atoms with Crippen LogP contribution < -0.4 is 0 Å². The van der Waals surface area contributed by atoms with Crippen molar-refractivity contribution in [1.29, 1.82) is 0 Å². The third-order valence-corrected chi connectivity index (χ3v) is 1.78. The van der Waals surface area contributed by atoms with Gasteiger partial charge in [0.2, 0.25) is 0 Å². The van der Waals surface area contributed by atoms with Gasteiger partial charge < -0.3 is 4.79 Å². The molecule has 0 spiro atoms. The first-order valence-corrected chi connectivity index (χ1v) is 4.19. The van der Waals surface area contributed by atoms with Crippen molar-refractivity contribution >= 4 is 11.5 Å². The van der Waals surface area contributed by atoms with Crippen molar-refractivity contribution in [3.63, 3.8) is 0 Å². The molecule has 74 valence electrons. The Morgan fingerprint density at radius 3 is 2.93 bits per heavy atom. The molecule has 0 amide bonds. The minimum Gasteiger partial charge on any atom is -0.300 e. The van der Waals surface area contributed by atoms with E-state index in [1.54, 1.807) is 0 Å². The molecule has 1 aromatic heterocycles. The van der Waals surface area contributed by atoms with Crippen LogP contribution in [0.5, 0.6) is 0 Å². The monoisotopic (exact) mass is 194 g/mol. The van der Waals surface area contributed by atoms with Crippen LogP contribution in [0.4, 0.5) is 5.69 Å². The second-order valence-electron chi connectivity index (χ2n) is 2.93. The van der Waals surface area contributed by atoms with Gasteiger partial charge in [0, 0.05) is 25.1 Å². The molecule has 1 heterocycles. The number of rotatable bonds is 4. The molecule has 1 aromatic rings. The van der Waals surface area contributed by atoms with Crippen molar-refractivity contribution in [2.45, 2.75) is 19.8 Å². The van der Waals surface area contributed by atoms with Crippen molar-refractivity contribution in [2.75, 3.05) is 0 Å². The van der Waals surface area contributed by atoms with Gasteiger partial charge in [-0.2, -0.15) is 0 Å². The first-order valence-electron chi connectivity index (χ1n) is 4.19. The van der Waals surface area contributed by atoms with Gasteiger partial charge in [-0.25, -0.2) is 0 Å². The maximum absolute atomic E-state index is 10.7. The van der Waals surface area contributed by atoms with Crippen LogP contribution in [0, 0.1) is 10.1 Å². The summed E-state index contributed by atoms with van der Waals surface area (Å²) in [5, 5.41) is 10.5. The van der Waals surface area contributed by atoms with E-state index in [1.807, 2.05) is 0 Å². The summed E-state index contributed by atoms with van der Waals surface area (Å²) in [7, 11) is 0. The van der Waals surface area contributed by atoms with E-state index in [2.05, 4.69) is 4.98 Å². The molecule has 0 bridgehead atoms. The van der Waals surface area contributed by atoms with Gasteiger partial charge in [-0.3, -0.25) is 15.1 Å². The van der Waals surface area contributed by atoms with E-state index in [1.165, 1.54) is 25.3 Å². The fraction of sp³-hybridized carbons (Fsp3) is 0.333. The van der Waals surface area contributed by atoms with Gasteiger partial charge >= 0.3 is 0 Å². The number of carbonyl (C=O) groups excluding carboxylic acids is 1. The molecule has 0 aliphatic heterocycles. The summed E-state index contributed by atoms with van der Waals surface area (Å²) >= 11 is 0. The van der Waals surface area contributed by atoms with E-state index >= 15 is 0 Å².